The Hall–Kier alpha value is -1.45. The Morgan fingerprint density at radius 2 is 2.05 bits per heavy atom. The maximum atomic E-state index is 12.4. The first-order valence-electron chi connectivity index (χ1n) is 7.65. The van der Waals surface area contributed by atoms with Gasteiger partial charge in [0.25, 0.3) is 0 Å². The van der Waals surface area contributed by atoms with Crippen LogP contribution in [-0.2, 0) is 19.1 Å². The summed E-state index contributed by atoms with van der Waals surface area (Å²) in [5, 5.41) is 0. The number of hydrogen-bond donors (Lipinski definition) is 0. The number of Topliss-reactive ketones (excluding diaryl/α,β-unsaturated/α-hetero) is 2. The average molecular weight is 294 g/mol. The summed E-state index contributed by atoms with van der Waals surface area (Å²) in [7, 11) is 0. The fourth-order valence-corrected chi connectivity index (χ4v) is 2.63. The molecule has 0 aromatic heterocycles. The Morgan fingerprint density at radius 3 is 2.67 bits per heavy atom. The molecule has 0 saturated carbocycles. The van der Waals surface area contributed by atoms with Crippen LogP contribution in [0.15, 0.2) is 11.6 Å². The molecule has 0 aromatic rings. The summed E-state index contributed by atoms with van der Waals surface area (Å²) in [5.74, 6) is -0.666. The Bertz CT molecular complexity index is 436. The summed E-state index contributed by atoms with van der Waals surface area (Å²) >= 11 is 0. The van der Waals surface area contributed by atoms with E-state index < -0.39 is 0 Å². The quantitative estimate of drug-likeness (QED) is 0.593. The maximum Gasteiger partial charge on any atom is 0.302 e. The summed E-state index contributed by atoms with van der Waals surface area (Å²) in [4.78, 5) is 35.6. The van der Waals surface area contributed by atoms with Gasteiger partial charge in [0.1, 0.15) is 11.6 Å². The molecule has 1 aliphatic carbocycles. The van der Waals surface area contributed by atoms with Crippen molar-refractivity contribution in [3.63, 3.8) is 0 Å². The van der Waals surface area contributed by atoms with Gasteiger partial charge >= 0.3 is 5.97 Å². The van der Waals surface area contributed by atoms with E-state index in [1.54, 1.807) is 0 Å². The molecule has 1 rings (SSSR count). The zero-order chi connectivity index (χ0) is 16.0. The third-order valence-electron chi connectivity index (χ3n) is 4.17. The van der Waals surface area contributed by atoms with E-state index in [9.17, 15) is 14.4 Å². The molecule has 0 radical (unpaired) electrons. The Kier molecular flexibility index (Phi) is 6.79. The van der Waals surface area contributed by atoms with Crippen LogP contribution in [0.3, 0.4) is 0 Å². The fourth-order valence-electron chi connectivity index (χ4n) is 2.63. The molecule has 0 bridgehead atoms. The molecular formula is C17H26O4. The van der Waals surface area contributed by atoms with E-state index in [0.29, 0.717) is 6.42 Å². The lowest BCUT2D eigenvalue weighted by Gasteiger charge is -2.24. The van der Waals surface area contributed by atoms with Gasteiger partial charge in [-0.3, -0.25) is 14.4 Å². The van der Waals surface area contributed by atoms with Gasteiger partial charge in [-0.05, 0) is 19.8 Å². The van der Waals surface area contributed by atoms with E-state index in [1.807, 2.05) is 20.8 Å². The van der Waals surface area contributed by atoms with Crippen molar-refractivity contribution in [2.24, 2.45) is 17.8 Å². The molecule has 4 nitrogen and oxygen atoms in total. The lowest BCUT2D eigenvalue weighted by molar-refractivity contribution is -0.144. The van der Waals surface area contributed by atoms with Gasteiger partial charge in [-0.2, -0.15) is 0 Å². The van der Waals surface area contributed by atoms with E-state index in [0.717, 1.165) is 18.4 Å². The molecule has 0 heterocycles. The molecule has 0 N–H and O–H groups in total. The molecule has 0 unspecified atom stereocenters. The summed E-state index contributed by atoms with van der Waals surface area (Å²) in [6.45, 7) is 7.29. The second-order valence-electron chi connectivity index (χ2n) is 6.23. The van der Waals surface area contributed by atoms with E-state index in [1.165, 1.54) is 6.92 Å². The van der Waals surface area contributed by atoms with Gasteiger partial charge in [0.05, 0.1) is 6.61 Å². The molecule has 0 amide bonds. The van der Waals surface area contributed by atoms with Crippen LogP contribution in [0.4, 0.5) is 0 Å². The van der Waals surface area contributed by atoms with Gasteiger partial charge in [-0.25, -0.2) is 0 Å². The van der Waals surface area contributed by atoms with E-state index in [-0.39, 0.29) is 48.3 Å². The average Bonchev–Trinajstić information content (AvgIpc) is 2.40. The predicted molar refractivity (Wildman–Crippen MR) is 80.7 cm³/mol. The standard InChI is InChI=1S/C17H26O4/c1-11-6-5-7-12(2)16(19)9-15(17(20)8-11)13(3)10-21-14(4)18/h6,12-13,15H,5,7-10H2,1-4H3/b11-6+/t12-,13+,15+/m0/s1. The largest absolute Gasteiger partial charge is 0.466 e. The molecule has 0 aliphatic heterocycles. The number of ether oxygens (including phenoxy) is 1. The monoisotopic (exact) mass is 294 g/mol. The highest BCUT2D eigenvalue weighted by Gasteiger charge is 2.30. The Morgan fingerprint density at radius 1 is 1.38 bits per heavy atom. The normalized spacial score (nSPS) is 28.5. The van der Waals surface area contributed by atoms with Gasteiger partial charge in [0.15, 0.2) is 0 Å². The van der Waals surface area contributed by atoms with E-state index in [4.69, 9.17) is 4.74 Å². The maximum absolute atomic E-state index is 12.4. The minimum Gasteiger partial charge on any atom is -0.466 e. The van der Waals surface area contributed by atoms with Crippen molar-refractivity contribution in [1.82, 2.24) is 0 Å². The minimum atomic E-state index is -0.360. The number of carbonyl (C=O) groups is 3. The number of hydrogen-bond acceptors (Lipinski definition) is 4. The summed E-state index contributed by atoms with van der Waals surface area (Å²) in [5.41, 5.74) is 1.06. The van der Waals surface area contributed by atoms with Gasteiger partial charge in [0.2, 0.25) is 0 Å². The van der Waals surface area contributed by atoms with Crippen LogP contribution in [0.25, 0.3) is 0 Å². The molecule has 118 valence electrons. The van der Waals surface area contributed by atoms with Crippen LogP contribution >= 0.6 is 0 Å². The van der Waals surface area contributed by atoms with Crippen molar-refractivity contribution in [2.45, 2.75) is 53.4 Å². The molecular weight excluding hydrogens is 268 g/mol. The second kappa shape index (κ2) is 8.11. The zero-order valence-corrected chi connectivity index (χ0v) is 13.5. The van der Waals surface area contributed by atoms with E-state index >= 15 is 0 Å². The molecule has 0 spiro atoms. The van der Waals surface area contributed by atoms with Crippen LogP contribution < -0.4 is 0 Å². The number of ketones is 2. The lowest BCUT2D eigenvalue weighted by atomic mass is 9.80. The number of rotatable bonds is 3. The Labute approximate surface area is 126 Å². The van der Waals surface area contributed by atoms with Gasteiger partial charge in [-0.15, -0.1) is 0 Å². The van der Waals surface area contributed by atoms with Gasteiger partial charge in [0, 0.05) is 37.5 Å². The van der Waals surface area contributed by atoms with Crippen LogP contribution in [0.1, 0.15) is 53.4 Å². The predicted octanol–water partition coefficient (Wildman–Crippen LogP) is 3.10. The van der Waals surface area contributed by atoms with Crippen LogP contribution in [0.5, 0.6) is 0 Å². The first-order chi connectivity index (χ1) is 9.81. The molecule has 21 heavy (non-hydrogen) atoms. The van der Waals surface area contributed by atoms with Crippen molar-refractivity contribution >= 4 is 17.5 Å². The molecule has 0 fully saturated rings. The second-order valence-corrected chi connectivity index (χ2v) is 6.23. The highest BCUT2D eigenvalue weighted by Crippen LogP contribution is 2.26. The first-order valence-corrected chi connectivity index (χ1v) is 7.65. The zero-order valence-electron chi connectivity index (χ0n) is 13.5. The highest BCUT2D eigenvalue weighted by atomic mass is 16.5. The van der Waals surface area contributed by atoms with Crippen molar-refractivity contribution in [3.8, 4) is 0 Å². The molecule has 1 aliphatic rings. The number of carbonyl (C=O) groups excluding carboxylic acids is 3. The molecule has 3 atom stereocenters. The van der Waals surface area contributed by atoms with Crippen LogP contribution in [-0.4, -0.2) is 24.1 Å². The van der Waals surface area contributed by atoms with Crippen LogP contribution in [0, 0.1) is 17.8 Å². The SMILES string of the molecule is CC(=O)OC[C@@H](C)[C@H]1CC(=O)[C@@H](C)CC/C=C(\C)CC1=O. The third kappa shape index (κ3) is 5.82. The van der Waals surface area contributed by atoms with E-state index in [2.05, 4.69) is 6.08 Å². The summed E-state index contributed by atoms with van der Waals surface area (Å²) < 4.78 is 5.01. The number of allylic oxidation sites excluding steroid dienone is 2. The molecule has 4 heteroatoms. The van der Waals surface area contributed by atoms with Crippen LogP contribution in [0.2, 0.25) is 0 Å². The highest BCUT2D eigenvalue weighted by molar-refractivity contribution is 5.90. The fraction of sp³-hybridized carbons (Fsp3) is 0.706. The van der Waals surface area contributed by atoms with Gasteiger partial charge in [-0.1, -0.05) is 25.5 Å². The lowest BCUT2D eigenvalue weighted by Crippen LogP contribution is -2.30. The smallest absolute Gasteiger partial charge is 0.302 e. The van der Waals surface area contributed by atoms with Crippen molar-refractivity contribution < 1.29 is 19.1 Å². The van der Waals surface area contributed by atoms with Gasteiger partial charge < -0.3 is 4.74 Å². The van der Waals surface area contributed by atoms with Crippen molar-refractivity contribution in [1.29, 1.82) is 0 Å². The Balaban J connectivity index is 2.86. The molecule has 0 aromatic carbocycles. The van der Waals surface area contributed by atoms with Crippen molar-refractivity contribution in [3.05, 3.63) is 11.6 Å². The molecule has 0 saturated heterocycles. The third-order valence-corrected chi connectivity index (χ3v) is 4.17. The minimum absolute atomic E-state index is 0.0247. The summed E-state index contributed by atoms with van der Waals surface area (Å²) in [6, 6.07) is 0. The van der Waals surface area contributed by atoms with Crippen molar-refractivity contribution in [2.75, 3.05) is 6.61 Å². The topological polar surface area (TPSA) is 60.4 Å². The number of esters is 1. The summed E-state index contributed by atoms with van der Waals surface area (Å²) in [6.07, 6.45) is 4.38. The first kappa shape index (κ1) is 17.6.